The highest BCUT2D eigenvalue weighted by Crippen LogP contribution is 2.08. The molecule has 88 valence electrons. The maximum absolute atomic E-state index is 11.4. The van der Waals surface area contributed by atoms with Crippen LogP contribution in [-0.2, 0) is 23.8 Å². The van der Waals surface area contributed by atoms with E-state index in [0.29, 0.717) is 13.0 Å². The molecule has 0 bridgehead atoms. The third kappa shape index (κ3) is 5.37. The van der Waals surface area contributed by atoms with Gasteiger partial charge in [0.25, 0.3) is 0 Å². The van der Waals surface area contributed by atoms with Gasteiger partial charge in [-0.1, -0.05) is 6.92 Å². The molecule has 1 unspecified atom stereocenters. The predicted octanol–water partition coefficient (Wildman–Crippen LogP) is 1.11. The van der Waals surface area contributed by atoms with E-state index in [4.69, 9.17) is 14.2 Å². The summed E-state index contributed by atoms with van der Waals surface area (Å²) in [6, 6.07) is 0. The van der Waals surface area contributed by atoms with E-state index < -0.39 is 17.9 Å². The molecule has 0 saturated heterocycles. The number of carbonyl (C=O) groups excluding carboxylic acids is 2. The van der Waals surface area contributed by atoms with Crippen molar-refractivity contribution in [2.24, 2.45) is 5.92 Å². The summed E-state index contributed by atoms with van der Waals surface area (Å²) in [5.74, 6) is -1.98. The van der Waals surface area contributed by atoms with Crippen molar-refractivity contribution in [2.45, 2.75) is 27.2 Å². The van der Waals surface area contributed by atoms with Gasteiger partial charge in [-0.05, 0) is 20.3 Å². The Kier molecular flexibility index (Phi) is 7.62. The summed E-state index contributed by atoms with van der Waals surface area (Å²) >= 11 is 0. The van der Waals surface area contributed by atoms with Gasteiger partial charge in [0.15, 0.2) is 12.7 Å². The molecule has 0 N–H and O–H groups in total. The molecule has 0 aromatic carbocycles. The summed E-state index contributed by atoms with van der Waals surface area (Å²) in [5.41, 5.74) is 0. The van der Waals surface area contributed by atoms with E-state index in [9.17, 15) is 9.59 Å². The zero-order valence-electron chi connectivity index (χ0n) is 9.45. The summed E-state index contributed by atoms with van der Waals surface area (Å²) in [5, 5.41) is 0. The van der Waals surface area contributed by atoms with E-state index in [1.54, 1.807) is 20.8 Å². The number of hydrogen-bond acceptors (Lipinski definition) is 5. The minimum Gasteiger partial charge on any atom is -0.465 e. The summed E-state index contributed by atoms with van der Waals surface area (Å²) in [4.78, 5) is 22.6. The van der Waals surface area contributed by atoms with Crippen LogP contribution in [0.25, 0.3) is 0 Å². The van der Waals surface area contributed by atoms with Crippen LogP contribution < -0.4 is 0 Å². The average molecular weight is 218 g/mol. The lowest BCUT2D eigenvalue weighted by Crippen LogP contribution is -2.28. The van der Waals surface area contributed by atoms with Crippen molar-refractivity contribution in [1.29, 1.82) is 0 Å². The molecule has 0 aliphatic carbocycles. The molecule has 0 radical (unpaired) electrons. The molecule has 0 aromatic heterocycles. The first kappa shape index (κ1) is 13.9. The first-order chi connectivity index (χ1) is 7.17. The van der Waals surface area contributed by atoms with Gasteiger partial charge in [0, 0.05) is 6.61 Å². The summed E-state index contributed by atoms with van der Waals surface area (Å²) in [6.45, 7) is 5.80. The van der Waals surface area contributed by atoms with Gasteiger partial charge in [-0.15, -0.1) is 0 Å². The van der Waals surface area contributed by atoms with E-state index in [2.05, 4.69) is 0 Å². The second kappa shape index (κ2) is 8.23. The standard InChI is InChI=1S/C10H18O5/c1-4-8(9(11)14-6-3)10(12)15-7-13-5-2/h8H,4-7H2,1-3H3. The molecule has 0 fully saturated rings. The molecule has 0 heterocycles. The van der Waals surface area contributed by atoms with Crippen LogP contribution in [0.4, 0.5) is 0 Å². The Balaban J connectivity index is 4.03. The second-order valence-electron chi connectivity index (χ2n) is 2.79. The molecule has 0 rings (SSSR count). The van der Waals surface area contributed by atoms with Crippen molar-refractivity contribution < 1.29 is 23.8 Å². The van der Waals surface area contributed by atoms with Crippen molar-refractivity contribution in [1.82, 2.24) is 0 Å². The number of rotatable bonds is 7. The molecule has 0 aliphatic heterocycles. The topological polar surface area (TPSA) is 61.8 Å². The van der Waals surface area contributed by atoms with Crippen LogP contribution in [0.3, 0.4) is 0 Å². The molecular formula is C10H18O5. The van der Waals surface area contributed by atoms with Gasteiger partial charge in [0.05, 0.1) is 6.61 Å². The van der Waals surface area contributed by atoms with Crippen molar-refractivity contribution in [2.75, 3.05) is 20.0 Å². The predicted molar refractivity (Wildman–Crippen MR) is 53.0 cm³/mol. The normalized spacial score (nSPS) is 11.9. The van der Waals surface area contributed by atoms with Crippen LogP contribution in [0.5, 0.6) is 0 Å². The minimum absolute atomic E-state index is 0.120. The van der Waals surface area contributed by atoms with Crippen LogP contribution in [-0.4, -0.2) is 31.9 Å². The smallest absolute Gasteiger partial charge is 0.322 e. The van der Waals surface area contributed by atoms with Gasteiger partial charge in [0.2, 0.25) is 0 Å². The van der Waals surface area contributed by atoms with Gasteiger partial charge in [-0.3, -0.25) is 9.59 Å². The number of esters is 2. The van der Waals surface area contributed by atoms with E-state index in [1.807, 2.05) is 0 Å². The van der Waals surface area contributed by atoms with E-state index in [1.165, 1.54) is 0 Å². The molecule has 0 spiro atoms. The van der Waals surface area contributed by atoms with Crippen LogP contribution in [0.15, 0.2) is 0 Å². The maximum Gasteiger partial charge on any atom is 0.322 e. The van der Waals surface area contributed by atoms with Gasteiger partial charge >= 0.3 is 11.9 Å². The molecule has 15 heavy (non-hydrogen) atoms. The van der Waals surface area contributed by atoms with Crippen molar-refractivity contribution in [3.8, 4) is 0 Å². The molecule has 0 saturated carbocycles. The molecular weight excluding hydrogens is 200 g/mol. The van der Waals surface area contributed by atoms with Gasteiger partial charge in [-0.2, -0.15) is 0 Å². The average Bonchev–Trinajstić information content (AvgIpc) is 2.19. The van der Waals surface area contributed by atoms with Crippen molar-refractivity contribution in [3.05, 3.63) is 0 Å². The molecule has 0 aliphatic rings. The fraction of sp³-hybridized carbons (Fsp3) is 0.800. The number of ether oxygens (including phenoxy) is 3. The van der Waals surface area contributed by atoms with Crippen LogP contribution in [0.2, 0.25) is 0 Å². The first-order valence-electron chi connectivity index (χ1n) is 5.08. The van der Waals surface area contributed by atoms with Crippen LogP contribution in [0.1, 0.15) is 27.2 Å². The molecule has 0 aromatic rings. The fourth-order valence-corrected chi connectivity index (χ4v) is 0.956. The SMILES string of the molecule is CCOCOC(=O)C(CC)C(=O)OCC. The first-order valence-corrected chi connectivity index (χ1v) is 5.08. The lowest BCUT2D eigenvalue weighted by atomic mass is 10.1. The minimum atomic E-state index is -0.842. The van der Waals surface area contributed by atoms with Gasteiger partial charge in [-0.25, -0.2) is 0 Å². The van der Waals surface area contributed by atoms with E-state index in [0.717, 1.165) is 0 Å². The Morgan fingerprint density at radius 3 is 2.07 bits per heavy atom. The van der Waals surface area contributed by atoms with Gasteiger partial charge < -0.3 is 14.2 Å². The van der Waals surface area contributed by atoms with E-state index in [-0.39, 0.29) is 13.4 Å². The Labute approximate surface area is 89.7 Å². The lowest BCUT2D eigenvalue weighted by Gasteiger charge is -2.12. The number of hydrogen-bond donors (Lipinski definition) is 0. The Hall–Kier alpha value is -1.10. The summed E-state index contributed by atoms with van der Waals surface area (Å²) in [6.07, 6.45) is 0.365. The highest BCUT2D eigenvalue weighted by atomic mass is 16.7. The third-order valence-electron chi connectivity index (χ3n) is 1.75. The zero-order valence-corrected chi connectivity index (χ0v) is 9.45. The largest absolute Gasteiger partial charge is 0.465 e. The molecule has 5 nitrogen and oxygen atoms in total. The Morgan fingerprint density at radius 2 is 1.60 bits per heavy atom. The number of carbonyl (C=O) groups is 2. The lowest BCUT2D eigenvalue weighted by molar-refractivity contribution is -0.169. The third-order valence-corrected chi connectivity index (χ3v) is 1.75. The van der Waals surface area contributed by atoms with Crippen LogP contribution in [0, 0.1) is 5.92 Å². The van der Waals surface area contributed by atoms with Gasteiger partial charge in [0.1, 0.15) is 0 Å². The molecule has 1 atom stereocenters. The zero-order chi connectivity index (χ0) is 11.7. The Bertz CT molecular complexity index is 202. The van der Waals surface area contributed by atoms with E-state index >= 15 is 0 Å². The monoisotopic (exact) mass is 218 g/mol. The summed E-state index contributed by atoms with van der Waals surface area (Å²) in [7, 11) is 0. The second-order valence-corrected chi connectivity index (χ2v) is 2.79. The summed E-state index contributed by atoms with van der Waals surface area (Å²) < 4.78 is 14.3. The highest BCUT2D eigenvalue weighted by Gasteiger charge is 2.27. The maximum atomic E-state index is 11.4. The van der Waals surface area contributed by atoms with Crippen molar-refractivity contribution in [3.63, 3.8) is 0 Å². The van der Waals surface area contributed by atoms with Crippen LogP contribution >= 0.6 is 0 Å². The fourth-order valence-electron chi connectivity index (χ4n) is 0.956. The van der Waals surface area contributed by atoms with Crippen molar-refractivity contribution >= 4 is 11.9 Å². The highest BCUT2D eigenvalue weighted by molar-refractivity contribution is 5.94. The molecule has 5 heteroatoms. The molecule has 0 amide bonds. The quantitative estimate of drug-likeness (QED) is 0.277. The Morgan fingerprint density at radius 1 is 1.00 bits per heavy atom.